The molecule has 4 heteroatoms. The molecule has 0 aliphatic carbocycles. The van der Waals surface area contributed by atoms with Crippen LogP contribution in [-0.2, 0) is 0 Å². The van der Waals surface area contributed by atoms with E-state index in [1.54, 1.807) is 13.2 Å². The third-order valence-corrected chi connectivity index (χ3v) is 1.63. The number of hydrogen-bond acceptors (Lipinski definition) is 4. The SMILES string of the molecule is CN(N)/C=C(\N)C(C)(C)CN. The molecule has 0 aromatic heterocycles. The number of nitrogens with zero attached hydrogens (tertiary/aromatic N) is 1. The zero-order chi connectivity index (χ0) is 9.07. The molecular formula is C7H18N4. The minimum Gasteiger partial charge on any atom is -0.400 e. The lowest BCUT2D eigenvalue weighted by Crippen LogP contribution is -2.32. The monoisotopic (exact) mass is 158 g/mol. The summed E-state index contributed by atoms with van der Waals surface area (Å²) < 4.78 is 0. The van der Waals surface area contributed by atoms with Crippen LogP contribution in [0.3, 0.4) is 0 Å². The van der Waals surface area contributed by atoms with Crippen molar-refractivity contribution in [2.24, 2.45) is 22.7 Å². The van der Waals surface area contributed by atoms with Gasteiger partial charge in [0.15, 0.2) is 0 Å². The van der Waals surface area contributed by atoms with Crippen molar-refractivity contribution in [2.75, 3.05) is 13.6 Å². The minimum atomic E-state index is -0.173. The molecule has 0 atom stereocenters. The van der Waals surface area contributed by atoms with E-state index in [4.69, 9.17) is 17.3 Å². The zero-order valence-corrected chi connectivity index (χ0v) is 7.46. The highest BCUT2D eigenvalue weighted by Gasteiger charge is 2.18. The van der Waals surface area contributed by atoms with Crippen molar-refractivity contribution >= 4 is 0 Å². The van der Waals surface area contributed by atoms with Gasteiger partial charge in [-0.3, -0.25) is 0 Å². The van der Waals surface area contributed by atoms with Gasteiger partial charge in [-0.15, -0.1) is 0 Å². The predicted molar refractivity (Wildman–Crippen MR) is 47.1 cm³/mol. The van der Waals surface area contributed by atoms with Gasteiger partial charge in [0.2, 0.25) is 0 Å². The summed E-state index contributed by atoms with van der Waals surface area (Å²) in [7, 11) is 1.72. The highest BCUT2D eigenvalue weighted by molar-refractivity contribution is 5.06. The van der Waals surface area contributed by atoms with E-state index in [9.17, 15) is 0 Å². The van der Waals surface area contributed by atoms with Gasteiger partial charge in [0.25, 0.3) is 0 Å². The first-order chi connectivity index (χ1) is 4.90. The summed E-state index contributed by atoms with van der Waals surface area (Å²) in [6.45, 7) is 4.47. The third kappa shape index (κ3) is 3.25. The number of hydrazine groups is 1. The van der Waals surface area contributed by atoms with Crippen molar-refractivity contribution in [1.29, 1.82) is 0 Å². The second-order valence-corrected chi connectivity index (χ2v) is 3.34. The van der Waals surface area contributed by atoms with E-state index in [0.29, 0.717) is 12.2 Å². The van der Waals surface area contributed by atoms with Gasteiger partial charge in [-0.2, -0.15) is 0 Å². The largest absolute Gasteiger partial charge is 0.400 e. The molecular weight excluding hydrogens is 140 g/mol. The van der Waals surface area contributed by atoms with Crippen LogP contribution < -0.4 is 17.3 Å². The van der Waals surface area contributed by atoms with Crippen LogP contribution in [-0.4, -0.2) is 18.6 Å². The second kappa shape index (κ2) is 3.59. The molecule has 0 spiro atoms. The third-order valence-electron chi connectivity index (χ3n) is 1.63. The van der Waals surface area contributed by atoms with E-state index in [2.05, 4.69) is 0 Å². The fourth-order valence-electron chi connectivity index (χ4n) is 0.512. The molecule has 0 heterocycles. The molecule has 0 bridgehead atoms. The average molecular weight is 158 g/mol. The van der Waals surface area contributed by atoms with Crippen LogP contribution in [0.15, 0.2) is 11.9 Å². The molecule has 0 amide bonds. The molecule has 0 saturated carbocycles. The van der Waals surface area contributed by atoms with E-state index in [1.165, 1.54) is 5.01 Å². The molecule has 4 nitrogen and oxygen atoms in total. The molecule has 0 aromatic rings. The van der Waals surface area contributed by atoms with Crippen LogP contribution in [0.4, 0.5) is 0 Å². The summed E-state index contributed by atoms with van der Waals surface area (Å²) in [6.07, 6.45) is 1.67. The molecule has 0 aromatic carbocycles. The summed E-state index contributed by atoms with van der Waals surface area (Å²) in [4.78, 5) is 0. The summed E-state index contributed by atoms with van der Waals surface area (Å²) in [5.41, 5.74) is 11.8. The van der Waals surface area contributed by atoms with Crippen molar-refractivity contribution < 1.29 is 0 Å². The number of rotatable bonds is 3. The summed E-state index contributed by atoms with van der Waals surface area (Å²) in [6, 6.07) is 0. The lowest BCUT2D eigenvalue weighted by atomic mass is 9.90. The van der Waals surface area contributed by atoms with Gasteiger partial charge in [-0.05, 0) is 0 Å². The van der Waals surface area contributed by atoms with Gasteiger partial charge >= 0.3 is 0 Å². The Morgan fingerprint density at radius 3 is 2.27 bits per heavy atom. The normalized spacial score (nSPS) is 13.4. The number of hydrogen-bond donors (Lipinski definition) is 3. The van der Waals surface area contributed by atoms with Crippen LogP contribution in [0.25, 0.3) is 0 Å². The molecule has 66 valence electrons. The van der Waals surface area contributed by atoms with Crippen molar-refractivity contribution in [3.63, 3.8) is 0 Å². The van der Waals surface area contributed by atoms with E-state index in [0.717, 1.165) is 0 Å². The topological polar surface area (TPSA) is 81.3 Å². The average Bonchev–Trinajstić information content (AvgIpc) is 1.86. The van der Waals surface area contributed by atoms with E-state index in [-0.39, 0.29) is 5.41 Å². The van der Waals surface area contributed by atoms with Gasteiger partial charge in [0, 0.05) is 30.9 Å². The Balaban J connectivity index is 4.33. The summed E-state index contributed by atoms with van der Waals surface area (Å²) >= 11 is 0. The van der Waals surface area contributed by atoms with Gasteiger partial charge in [0.1, 0.15) is 0 Å². The fourth-order valence-corrected chi connectivity index (χ4v) is 0.512. The highest BCUT2D eigenvalue weighted by Crippen LogP contribution is 2.19. The van der Waals surface area contributed by atoms with Crippen molar-refractivity contribution in [1.82, 2.24) is 5.01 Å². The fraction of sp³-hybridized carbons (Fsp3) is 0.714. The van der Waals surface area contributed by atoms with Crippen LogP contribution in [0.5, 0.6) is 0 Å². The number of nitrogens with two attached hydrogens (primary N) is 3. The van der Waals surface area contributed by atoms with Crippen LogP contribution in [0.2, 0.25) is 0 Å². The maximum Gasteiger partial charge on any atom is 0.0345 e. The molecule has 6 N–H and O–H groups in total. The van der Waals surface area contributed by atoms with Crippen molar-refractivity contribution in [3.05, 3.63) is 11.9 Å². The first-order valence-electron chi connectivity index (χ1n) is 3.55. The zero-order valence-electron chi connectivity index (χ0n) is 7.46. The molecule has 11 heavy (non-hydrogen) atoms. The summed E-state index contributed by atoms with van der Waals surface area (Å²) in [5.74, 6) is 5.38. The van der Waals surface area contributed by atoms with E-state index < -0.39 is 0 Å². The Morgan fingerprint density at radius 1 is 1.55 bits per heavy atom. The van der Waals surface area contributed by atoms with Gasteiger partial charge in [-0.25, -0.2) is 5.84 Å². The molecule has 0 aliphatic rings. The molecule has 0 fully saturated rings. The van der Waals surface area contributed by atoms with Crippen LogP contribution in [0, 0.1) is 5.41 Å². The maximum atomic E-state index is 5.72. The molecule has 0 rings (SSSR count). The Bertz CT molecular complexity index is 149. The quantitative estimate of drug-likeness (QED) is 0.385. The lowest BCUT2D eigenvalue weighted by molar-refractivity contribution is 0.417. The standard InChI is InChI=1S/C7H18N4/c1-7(2,5-8)6(9)4-11(3)10/h4H,5,8-10H2,1-3H3/b6-4-. The summed E-state index contributed by atoms with van der Waals surface area (Å²) in [5, 5.41) is 1.42. The Morgan fingerprint density at radius 2 is 2.00 bits per heavy atom. The minimum absolute atomic E-state index is 0.173. The van der Waals surface area contributed by atoms with Crippen molar-refractivity contribution in [2.45, 2.75) is 13.8 Å². The van der Waals surface area contributed by atoms with Gasteiger partial charge in [0.05, 0.1) is 0 Å². The molecule has 0 unspecified atom stereocenters. The first kappa shape index (κ1) is 10.3. The van der Waals surface area contributed by atoms with Crippen LogP contribution >= 0.6 is 0 Å². The Hall–Kier alpha value is -0.740. The van der Waals surface area contributed by atoms with E-state index in [1.807, 2.05) is 13.8 Å². The van der Waals surface area contributed by atoms with E-state index >= 15 is 0 Å². The van der Waals surface area contributed by atoms with Gasteiger partial charge < -0.3 is 16.5 Å². The maximum absolute atomic E-state index is 5.72. The van der Waals surface area contributed by atoms with Crippen LogP contribution in [0.1, 0.15) is 13.8 Å². The molecule has 0 saturated heterocycles. The van der Waals surface area contributed by atoms with Crippen molar-refractivity contribution in [3.8, 4) is 0 Å². The second-order valence-electron chi connectivity index (χ2n) is 3.34. The Kier molecular flexibility index (Phi) is 3.35. The highest BCUT2D eigenvalue weighted by atomic mass is 15.4. The lowest BCUT2D eigenvalue weighted by Gasteiger charge is -2.24. The Labute approximate surface area is 68.0 Å². The van der Waals surface area contributed by atoms with Gasteiger partial charge in [-0.1, -0.05) is 13.8 Å². The first-order valence-corrected chi connectivity index (χ1v) is 3.55. The molecule has 0 aliphatic heterocycles. The molecule has 0 radical (unpaired) electrons. The smallest absolute Gasteiger partial charge is 0.0345 e. The predicted octanol–water partition coefficient (Wildman–Crippen LogP) is -0.423.